The van der Waals surface area contributed by atoms with E-state index in [1.807, 2.05) is 19.9 Å². The van der Waals surface area contributed by atoms with Crippen molar-refractivity contribution < 1.29 is 18.7 Å². The number of aliphatic hydroxyl groups excluding tert-OH is 1. The molecule has 0 radical (unpaired) electrons. The Morgan fingerprint density at radius 1 is 1.26 bits per heavy atom. The Balaban J connectivity index is 2.03. The Labute approximate surface area is 133 Å². The monoisotopic (exact) mass is 320 g/mol. The molecule has 0 aliphatic rings. The van der Waals surface area contributed by atoms with Crippen LogP contribution in [-0.2, 0) is 10.7 Å². The number of hydrogen-bond donors (Lipinski definition) is 2. The van der Waals surface area contributed by atoms with E-state index in [1.54, 1.807) is 12.1 Å². The highest BCUT2D eigenvalue weighted by atomic mass is 19.3. The zero-order chi connectivity index (χ0) is 17.0. The third-order valence-electron chi connectivity index (χ3n) is 3.36. The molecule has 1 aromatic heterocycles. The normalized spacial score (nSPS) is 12.7. The lowest BCUT2D eigenvalue weighted by molar-refractivity contribution is -0.148. The standard InChI is InChI=1S/C17H18F2N2O2/c1-11-7-12(2)9-13(8-11)14(22)10-21-16(23)17(18,19)15-5-3-4-6-20-15/h3-9,14,22H,10H2,1-2H3,(H,21,23). The van der Waals surface area contributed by atoms with Gasteiger partial charge in [0, 0.05) is 12.7 Å². The third kappa shape index (κ3) is 4.10. The Kier molecular flexibility index (Phi) is 5.05. The number of carbonyl (C=O) groups excluding carboxylic acids is 1. The first-order valence-electron chi connectivity index (χ1n) is 7.14. The minimum absolute atomic E-state index is 0.301. The number of nitrogens with zero attached hydrogens (tertiary/aromatic N) is 1. The van der Waals surface area contributed by atoms with E-state index in [0.29, 0.717) is 5.56 Å². The van der Waals surface area contributed by atoms with Crippen LogP contribution in [0, 0.1) is 13.8 Å². The Morgan fingerprint density at radius 2 is 1.91 bits per heavy atom. The fraction of sp³-hybridized carbons (Fsp3) is 0.294. The molecule has 0 saturated carbocycles. The molecular weight excluding hydrogens is 302 g/mol. The number of carbonyl (C=O) groups is 1. The molecule has 0 fully saturated rings. The van der Waals surface area contributed by atoms with Gasteiger partial charge in [-0.2, -0.15) is 8.78 Å². The topological polar surface area (TPSA) is 62.2 Å². The lowest BCUT2D eigenvalue weighted by Crippen LogP contribution is -2.40. The number of aryl methyl sites for hydroxylation is 2. The van der Waals surface area contributed by atoms with Crippen molar-refractivity contribution in [2.45, 2.75) is 25.9 Å². The number of halogens is 2. The molecule has 0 aliphatic carbocycles. The second-order valence-electron chi connectivity index (χ2n) is 5.44. The van der Waals surface area contributed by atoms with Crippen molar-refractivity contribution in [1.82, 2.24) is 10.3 Å². The van der Waals surface area contributed by atoms with Gasteiger partial charge in [-0.25, -0.2) is 0 Å². The van der Waals surface area contributed by atoms with E-state index in [4.69, 9.17) is 0 Å². The van der Waals surface area contributed by atoms with Crippen LogP contribution in [-0.4, -0.2) is 22.5 Å². The van der Waals surface area contributed by atoms with Crippen LogP contribution in [0.15, 0.2) is 42.6 Å². The first kappa shape index (κ1) is 17.0. The lowest BCUT2D eigenvalue weighted by atomic mass is 10.0. The predicted molar refractivity (Wildman–Crippen MR) is 82.0 cm³/mol. The van der Waals surface area contributed by atoms with Crippen LogP contribution in [0.25, 0.3) is 0 Å². The molecule has 0 bridgehead atoms. The van der Waals surface area contributed by atoms with E-state index in [1.165, 1.54) is 18.3 Å². The smallest absolute Gasteiger partial charge is 0.366 e. The fourth-order valence-corrected chi connectivity index (χ4v) is 2.29. The molecule has 1 unspecified atom stereocenters. The summed E-state index contributed by atoms with van der Waals surface area (Å²) >= 11 is 0. The van der Waals surface area contributed by atoms with Crippen molar-refractivity contribution in [3.05, 3.63) is 65.0 Å². The molecule has 2 N–H and O–H groups in total. The summed E-state index contributed by atoms with van der Waals surface area (Å²) in [5, 5.41) is 12.2. The quantitative estimate of drug-likeness (QED) is 0.890. The van der Waals surface area contributed by atoms with Crippen molar-refractivity contribution in [3.8, 4) is 0 Å². The van der Waals surface area contributed by atoms with Crippen LogP contribution in [0.1, 0.15) is 28.5 Å². The first-order valence-corrected chi connectivity index (χ1v) is 7.14. The molecule has 122 valence electrons. The maximum atomic E-state index is 14.0. The molecule has 0 spiro atoms. The molecule has 4 nitrogen and oxygen atoms in total. The summed E-state index contributed by atoms with van der Waals surface area (Å²) in [4.78, 5) is 15.2. The number of aromatic nitrogens is 1. The zero-order valence-corrected chi connectivity index (χ0v) is 12.9. The summed E-state index contributed by atoms with van der Waals surface area (Å²) in [5.74, 6) is -5.23. The van der Waals surface area contributed by atoms with Crippen LogP contribution < -0.4 is 5.32 Å². The molecule has 1 atom stereocenters. The van der Waals surface area contributed by atoms with Crippen molar-refractivity contribution in [1.29, 1.82) is 0 Å². The summed E-state index contributed by atoms with van der Waals surface area (Å²) in [6, 6.07) is 9.39. The van der Waals surface area contributed by atoms with Crippen LogP contribution in [0.3, 0.4) is 0 Å². The minimum atomic E-state index is -3.75. The first-order chi connectivity index (χ1) is 10.8. The summed E-state index contributed by atoms with van der Waals surface area (Å²) in [7, 11) is 0. The number of amides is 1. The number of benzene rings is 1. The molecule has 23 heavy (non-hydrogen) atoms. The van der Waals surface area contributed by atoms with E-state index in [2.05, 4.69) is 10.3 Å². The molecule has 1 amide bonds. The molecule has 1 aromatic carbocycles. The maximum absolute atomic E-state index is 14.0. The molecule has 6 heteroatoms. The second-order valence-corrected chi connectivity index (χ2v) is 5.44. The third-order valence-corrected chi connectivity index (χ3v) is 3.36. The van der Waals surface area contributed by atoms with Crippen LogP contribution in [0.2, 0.25) is 0 Å². The van der Waals surface area contributed by atoms with E-state index < -0.39 is 23.6 Å². The van der Waals surface area contributed by atoms with Gasteiger partial charge >= 0.3 is 5.92 Å². The Hall–Kier alpha value is -2.34. The SMILES string of the molecule is Cc1cc(C)cc(C(O)CNC(=O)C(F)(F)c2ccccn2)c1. The van der Waals surface area contributed by atoms with Gasteiger partial charge in [-0.15, -0.1) is 0 Å². The van der Waals surface area contributed by atoms with Gasteiger partial charge < -0.3 is 10.4 Å². The van der Waals surface area contributed by atoms with Gasteiger partial charge in [0.2, 0.25) is 0 Å². The highest BCUT2D eigenvalue weighted by molar-refractivity contribution is 5.84. The van der Waals surface area contributed by atoms with Gasteiger partial charge in [0.25, 0.3) is 5.91 Å². The number of aliphatic hydroxyl groups is 1. The van der Waals surface area contributed by atoms with Gasteiger partial charge in [-0.1, -0.05) is 35.4 Å². The average molecular weight is 320 g/mol. The fourth-order valence-electron chi connectivity index (χ4n) is 2.29. The summed E-state index contributed by atoms with van der Waals surface area (Å²) in [6.45, 7) is 3.44. The number of pyridine rings is 1. The number of hydrogen-bond acceptors (Lipinski definition) is 3. The highest BCUT2D eigenvalue weighted by Crippen LogP contribution is 2.26. The van der Waals surface area contributed by atoms with Crippen LogP contribution in [0.4, 0.5) is 8.78 Å². The van der Waals surface area contributed by atoms with Crippen molar-refractivity contribution in [2.75, 3.05) is 6.54 Å². The average Bonchev–Trinajstić information content (AvgIpc) is 2.52. The molecule has 1 heterocycles. The maximum Gasteiger partial charge on any atom is 0.366 e. The zero-order valence-electron chi connectivity index (χ0n) is 12.9. The lowest BCUT2D eigenvalue weighted by Gasteiger charge is -2.18. The van der Waals surface area contributed by atoms with Crippen molar-refractivity contribution >= 4 is 5.91 Å². The summed E-state index contributed by atoms with van der Waals surface area (Å²) < 4.78 is 27.9. The summed E-state index contributed by atoms with van der Waals surface area (Å²) in [5.41, 5.74) is 1.84. The Bertz CT molecular complexity index is 670. The van der Waals surface area contributed by atoms with E-state index in [-0.39, 0.29) is 6.54 Å². The molecule has 2 aromatic rings. The number of nitrogens with one attached hydrogen (secondary N) is 1. The predicted octanol–water partition coefficient (Wildman–Crippen LogP) is 2.64. The second kappa shape index (κ2) is 6.83. The van der Waals surface area contributed by atoms with Gasteiger partial charge in [0.15, 0.2) is 0 Å². The number of rotatable bonds is 5. The van der Waals surface area contributed by atoms with E-state index >= 15 is 0 Å². The van der Waals surface area contributed by atoms with Gasteiger partial charge in [0.05, 0.1) is 6.10 Å². The van der Waals surface area contributed by atoms with Crippen molar-refractivity contribution in [2.24, 2.45) is 0 Å². The number of alkyl halides is 2. The van der Waals surface area contributed by atoms with E-state index in [9.17, 15) is 18.7 Å². The highest BCUT2D eigenvalue weighted by Gasteiger charge is 2.42. The Morgan fingerprint density at radius 3 is 2.48 bits per heavy atom. The van der Waals surface area contributed by atoms with Crippen LogP contribution >= 0.6 is 0 Å². The van der Waals surface area contributed by atoms with Gasteiger partial charge in [-0.05, 0) is 31.5 Å². The van der Waals surface area contributed by atoms with Crippen molar-refractivity contribution in [3.63, 3.8) is 0 Å². The minimum Gasteiger partial charge on any atom is -0.387 e. The molecule has 2 rings (SSSR count). The molecule has 0 aliphatic heterocycles. The summed E-state index contributed by atoms with van der Waals surface area (Å²) in [6.07, 6.45) is 0.137. The van der Waals surface area contributed by atoms with Gasteiger partial charge in [0.1, 0.15) is 5.69 Å². The van der Waals surface area contributed by atoms with Crippen LogP contribution in [0.5, 0.6) is 0 Å². The van der Waals surface area contributed by atoms with E-state index in [0.717, 1.165) is 17.2 Å². The van der Waals surface area contributed by atoms with Gasteiger partial charge in [-0.3, -0.25) is 9.78 Å². The molecule has 0 saturated heterocycles. The molecular formula is C17H18F2N2O2. The largest absolute Gasteiger partial charge is 0.387 e.